The van der Waals surface area contributed by atoms with Crippen molar-refractivity contribution in [3.8, 4) is 5.75 Å². The van der Waals surface area contributed by atoms with Crippen LogP contribution in [0.3, 0.4) is 0 Å². The van der Waals surface area contributed by atoms with E-state index < -0.39 is 5.63 Å². The van der Waals surface area contributed by atoms with Crippen molar-refractivity contribution in [1.82, 2.24) is 0 Å². The molecule has 0 aliphatic heterocycles. The van der Waals surface area contributed by atoms with Crippen LogP contribution in [0, 0.1) is 0 Å². The second kappa shape index (κ2) is 8.72. The summed E-state index contributed by atoms with van der Waals surface area (Å²) < 4.78 is 5.70. The van der Waals surface area contributed by atoms with E-state index in [1.165, 1.54) is 5.56 Å². The van der Waals surface area contributed by atoms with E-state index in [1.54, 1.807) is 6.07 Å². The highest BCUT2D eigenvalue weighted by atomic mass is 16.4. The van der Waals surface area contributed by atoms with Crippen LogP contribution in [-0.4, -0.2) is 5.11 Å². The van der Waals surface area contributed by atoms with Crippen LogP contribution in [0.2, 0.25) is 0 Å². The highest BCUT2D eigenvalue weighted by Gasteiger charge is 2.24. The van der Waals surface area contributed by atoms with Crippen molar-refractivity contribution in [1.29, 1.82) is 0 Å². The number of hydrogen-bond acceptors (Lipinski definition) is 3. The van der Waals surface area contributed by atoms with E-state index in [4.69, 9.17) is 4.42 Å². The summed E-state index contributed by atoms with van der Waals surface area (Å²) in [6.45, 7) is 4.08. The first-order valence-corrected chi connectivity index (χ1v) is 9.59. The summed E-state index contributed by atoms with van der Waals surface area (Å²) in [5.74, 6) is 0.460. The number of aromatic hydroxyl groups is 1. The van der Waals surface area contributed by atoms with Crippen LogP contribution in [0.1, 0.15) is 61.0 Å². The smallest absolute Gasteiger partial charge is 0.343 e. The fourth-order valence-electron chi connectivity index (χ4n) is 3.67. The molecule has 0 fully saturated rings. The van der Waals surface area contributed by atoms with Crippen LogP contribution in [0.25, 0.3) is 0 Å². The monoisotopic (exact) mass is 362 g/mol. The topological polar surface area (TPSA) is 50.4 Å². The summed E-state index contributed by atoms with van der Waals surface area (Å²) >= 11 is 0. The Morgan fingerprint density at radius 2 is 1.56 bits per heavy atom. The average molecular weight is 362 g/mol. The molecule has 1 N–H and O–H groups in total. The lowest BCUT2D eigenvalue weighted by Gasteiger charge is -2.19. The Balaban J connectivity index is 1.95. The molecule has 0 bridgehead atoms. The second-order valence-electron chi connectivity index (χ2n) is 6.90. The van der Waals surface area contributed by atoms with Gasteiger partial charge in [0.2, 0.25) is 0 Å². The highest BCUT2D eigenvalue weighted by Crippen LogP contribution is 2.34. The van der Waals surface area contributed by atoms with Gasteiger partial charge in [-0.1, -0.05) is 74.5 Å². The minimum Gasteiger partial charge on any atom is -0.507 e. The van der Waals surface area contributed by atoms with Crippen molar-refractivity contribution < 1.29 is 9.52 Å². The molecule has 3 heteroatoms. The van der Waals surface area contributed by atoms with Gasteiger partial charge in [0.25, 0.3) is 0 Å². The van der Waals surface area contributed by atoms with Crippen LogP contribution < -0.4 is 5.63 Å². The first-order valence-electron chi connectivity index (χ1n) is 9.59. The molecule has 140 valence electrons. The molecule has 3 nitrogen and oxygen atoms in total. The van der Waals surface area contributed by atoms with Crippen molar-refractivity contribution in [3.05, 3.63) is 99.6 Å². The van der Waals surface area contributed by atoms with Crippen LogP contribution in [0.4, 0.5) is 0 Å². The SMILES string of the molecule is CC[C@@H](Cc1ccccc1)c1cc(O)c([C@@H](CC)c2ccccc2)c(=O)o1. The van der Waals surface area contributed by atoms with Gasteiger partial charge in [-0.05, 0) is 30.4 Å². The van der Waals surface area contributed by atoms with Gasteiger partial charge in [-0.25, -0.2) is 4.79 Å². The summed E-state index contributed by atoms with van der Waals surface area (Å²) in [7, 11) is 0. The van der Waals surface area contributed by atoms with E-state index in [0.29, 0.717) is 17.7 Å². The zero-order valence-electron chi connectivity index (χ0n) is 15.9. The molecule has 1 heterocycles. The largest absolute Gasteiger partial charge is 0.507 e. The summed E-state index contributed by atoms with van der Waals surface area (Å²) in [5.41, 5.74) is 2.10. The van der Waals surface area contributed by atoms with Crippen molar-refractivity contribution in [2.45, 2.75) is 44.9 Å². The molecule has 0 amide bonds. The fourth-order valence-corrected chi connectivity index (χ4v) is 3.67. The maximum Gasteiger partial charge on any atom is 0.343 e. The third kappa shape index (κ3) is 4.30. The van der Waals surface area contributed by atoms with Crippen molar-refractivity contribution in [2.24, 2.45) is 0 Å². The summed E-state index contributed by atoms with van der Waals surface area (Å²) in [6.07, 6.45) is 2.31. The van der Waals surface area contributed by atoms with E-state index in [1.807, 2.05) is 55.5 Å². The standard InChI is InChI=1S/C24H26O3/c1-3-18(15-17-11-7-5-8-12-17)22-16-21(25)23(24(26)27-22)20(4-2)19-13-9-6-10-14-19/h5-14,16,18,20,25H,3-4,15H2,1-2H3/t18-,20-/m0/s1. The quantitative estimate of drug-likeness (QED) is 0.593. The third-order valence-electron chi connectivity index (χ3n) is 5.16. The molecule has 0 aliphatic rings. The van der Waals surface area contributed by atoms with Gasteiger partial charge in [0.15, 0.2) is 0 Å². The predicted molar refractivity (Wildman–Crippen MR) is 108 cm³/mol. The zero-order valence-corrected chi connectivity index (χ0v) is 15.9. The van der Waals surface area contributed by atoms with Crippen molar-refractivity contribution >= 4 is 0 Å². The lowest BCUT2D eigenvalue weighted by Crippen LogP contribution is -2.16. The van der Waals surface area contributed by atoms with Crippen LogP contribution in [0.5, 0.6) is 5.75 Å². The molecule has 3 aromatic rings. The second-order valence-corrected chi connectivity index (χ2v) is 6.90. The Labute approximate surface area is 160 Å². The first-order chi connectivity index (χ1) is 13.1. The summed E-state index contributed by atoms with van der Waals surface area (Å²) in [6, 6.07) is 21.5. The van der Waals surface area contributed by atoms with Gasteiger partial charge in [-0.2, -0.15) is 0 Å². The molecule has 0 unspecified atom stereocenters. The van der Waals surface area contributed by atoms with Crippen LogP contribution in [0.15, 0.2) is 75.9 Å². The minimum absolute atomic E-state index is 0.0310. The maximum absolute atomic E-state index is 12.8. The van der Waals surface area contributed by atoms with Gasteiger partial charge in [0.1, 0.15) is 11.5 Å². The Kier molecular flexibility index (Phi) is 6.12. The predicted octanol–water partition coefficient (Wildman–Crippen LogP) is 5.62. The fraction of sp³-hybridized carbons (Fsp3) is 0.292. The van der Waals surface area contributed by atoms with Crippen LogP contribution in [-0.2, 0) is 6.42 Å². The van der Waals surface area contributed by atoms with Gasteiger partial charge in [0, 0.05) is 17.9 Å². The van der Waals surface area contributed by atoms with Gasteiger partial charge >= 0.3 is 5.63 Å². The molecule has 0 radical (unpaired) electrons. The number of benzene rings is 2. The molecule has 0 saturated carbocycles. The molecular weight excluding hydrogens is 336 g/mol. The Hall–Kier alpha value is -2.81. The summed E-state index contributed by atoms with van der Waals surface area (Å²) in [4.78, 5) is 12.8. The number of rotatable bonds is 7. The Bertz CT molecular complexity index is 913. The molecular formula is C24H26O3. The van der Waals surface area contributed by atoms with Crippen molar-refractivity contribution in [2.75, 3.05) is 0 Å². The lowest BCUT2D eigenvalue weighted by molar-refractivity contribution is 0.381. The normalized spacial score (nSPS) is 13.3. The van der Waals surface area contributed by atoms with Gasteiger partial charge < -0.3 is 9.52 Å². The number of hydrogen-bond donors (Lipinski definition) is 1. The molecule has 0 aliphatic carbocycles. The molecule has 3 rings (SSSR count). The van der Waals surface area contributed by atoms with Gasteiger partial charge in [0.05, 0.1) is 5.56 Å². The first kappa shape index (κ1) is 19.0. The molecule has 0 saturated heterocycles. The average Bonchev–Trinajstić information content (AvgIpc) is 2.70. The Morgan fingerprint density at radius 1 is 0.926 bits per heavy atom. The minimum atomic E-state index is -0.438. The van der Waals surface area contributed by atoms with Gasteiger partial charge in [-0.15, -0.1) is 0 Å². The van der Waals surface area contributed by atoms with E-state index >= 15 is 0 Å². The molecule has 2 aromatic carbocycles. The molecule has 27 heavy (non-hydrogen) atoms. The molecule has 2 atom stereocenters. The van der Waals surface area contributed by atoms with Crippen LogP contribution >= 0.6 is 0 Å². The van der Waals surface area contributed by atoms with Crippen molar-refractivity contribution in [3.63, 3.8) is 0 Å². The van der Waals surface area contributed by atoms with Gasteiger partial charge in [-0.3, -0.25) is 0 Å². The maximum atomic E-state index is 12.8. The van der Waals surface area contributed by atoms with E-state index in [9.17, 15) is 9.90 Å². The lowest BCUT2D eigenvalue weighted by atomic mass is 9.88. The molecule has 0 spiro atoms. The van der Waals surface area contributed by atoms with E-state index in [2.05, 4.69) is 19.1 Å². The van der Waals surface area contributed by atoms with E-state index in [-0.39, 0.29) is 17.6 Å². The van der Waals surface area contributed by atoms with E-state index in [0.717, 1.165) is 18.4 Å². The third-order valence-corrected chi connectivity index (χ3v) is 5.16. The molecule has 1 aromatic heterocycles. The highest BCUT2D eigenvalue weighted by molar-refractivity contribution is 5.40. The zero-order chi connectivity index (χ0) is 19.2. The summed E-state index contributed by atoms with van der Waals surface area (Å²) in [5, 5.41) is 10.7. The Morgan fingerprint density at radius 3 is 2.11 bits per heavy atom.